The number of nitrogen functional groups attached to an aromatic ring is 2. The van der Waals surface area contributed by atoms with E-state index in [-0.39, 0.29) is 17.6 Å². The van der Waals surface area contributed by atoms with Crippen LogP contribution in [-0.4, -0.2) is 30.4 Å². The van der Waals surface area contributed by atoms with E-state index in [4.69, 9.17) is 11.5 Å². The van der Waals surface area contributed by atoms with Crippen LogP contribution in [-0.2, 0) is 0 Å². The van der Waals surface area contributed by atoms with Crippen LogP contribution in [0, 0.1) is 6.92 Å². The molecule has 0 aromatic carbocycles. The Morgan fingerprint density at radius 2 is 1.96 bits per heavy atom. The number of aromatic nitrogens is 4. The summed E-state index contributed by atoms with van der Waals surface area (Å²) < 4.78 is 1.26. The quantitative estimate of drug-likeness (QED) is 0.622. The molecule has 0 aliphatic rings. The van der Waals surface area contributed by atoms with Gasteiger partial charge >= 0.3 is 0 Å². The third-order valence-electron chi connectivity index (χ3n) is 3.32. The maximum absolute atomic E-state index is 10.1. The lowest BCUT2D eigenvalue weighted by Gasteiger charge is -2.06. The van der Waals surface area contributed by atoms with E-state index in [2.05, 4.69) is 20.1 Å². The van der Waals surface area contributed by atoms with Crippen molar-refractivity contribution in [3.05, 3.63) is 23.9 Å². The average molecular weight is 311 g/mol. The van der Waals surface area contributed by atoms with Gasteiger partial charge in [0, 0.05) is 17.3 Å². The van der Waals surface area contributed by atoms with Crippen molar-refractivity contribution >= 4 is 28.7 Å². The molecule has 0 unspecified atom stereocenters. The van der Waals surface area contributed by atoms with Gasteiger partial charge in [-0.15, -0.1) is 5.10 Å². The minimum Gasteiger partial charge on any atom is -0.493 e. The molecule has 23 heavy (non-hydrogen) atoms. The van der Waals surface area contributed by atoms with Crippen molar-refractivity contribution in [2.24, 2.45) is 4.99 Å². The maximum Gasteiger partial charge on any atom is 0.240 e. The van der Waals surface area contributed by atoms with Crippen molar-refractivity contribution in [2.45, 2.75) is 20.8 Å². The van der Waals surface area contributed by atoms with Crippen LogP contribution in [0.3, 0.4) is 0 Å². The summed E-state index contributed by atoms with van der Waals surface area (Å²) in [5.74, 6) is 0.0835. The van der Waals surface area contributed by atoms with Gasteiger partial charge in [-0.2, -0.15) is 9.50 Å². The molecule has 8 heteroatoms. The molecule has 0 bridgehead atoms. The van der Waals surface area contributed by atoms with Crippen LogP contribution in [0.25, 0.3) is 16.8 Å². The highest BCUT2D eigenvalue weighted by Crippen LogP contribution is 2.33. The first-order valence-electron chi connectivity index (χ1n) is 7.00. The molecule has 0 saturated heterocycles. The van der Waals surface area contributed by atoms with Crippen molar-refractivity contribution < 1.29 is 5.11 Å². The lowest BCUT2D eigenvalue weighted by Crippen LogP contribution is -2.05. The molecule has 3 aromatic rings. The van der Waals surface area contributed by atoms with Crippen LogP contribution in [0.4, 0.5) is 17.5 Å². The number of hydrogen-bond donors (Lipinski definition) is 3. The average Bonchev–Trinajstić information content (AvgIpc) is 2.78. The number of aromatic hydroxyl groups is 1. The summed E-state index contributed by atoms with van der Waals surface area (Å²) in [6, 6.07) is 5.23. The molecule has 3 heterocycles. The van der Waals surface area contributed by atoms with Gasteiger partial charge in [-0.1, -0.05) is 0 Å². The Kier molecular flexibility index (Phi) is 3.36. The van der Waals surface area contributed by atoms with Gasteiger partial charge in [0.15, 0.2) is 5.82 Å². The number of nitrogens with two attached hydrogens (primary N) is 2. The van der Waals surface area contributed by atoms with Gasteiger partial charge < -0.3 is 16.6 Å². The van der Waals surface area contributed by atoms with Gasteiger partial charge in [0.2, 0.25) is 11.8 Å². The molecule has 118 valence electrons. The molecule has 0 aliphatic carbocycles. The number of hydrogen-bond acceptors (Lipinski definition) is 7. The van der Waals surface area contributed by atoms with E-state index in [1.807, 2.05) is 32.9 Å². The minimum atomic E-state index is -0.0817. The normalized spacial score (nSPS) is 10.9. The summed E-state index contributed by atoms with van der Waals surface area (Å²) in [5, 5.41) is 14.0. The van der Waals surface area contributed by atoms with Crippen LogP contribution < -0.4 is 11.5 Å². The van der Waals surface area contributed by atoms with Crippen molar-refractivity contribution in [1.82, 2.24) is 19.6 Å². The number of aliphatic imine (C=N–C) groups is 1. The number of fused-ring (bicyclic) bond motifs is 1. The first kappa shape index (κ1) is 14.8. The molecule has 5 N–H and O–H groups in total. The fourth-order valence-corrected chi connectivity index (χ4v) is 2.39. The van der Waals surface area contributed by atoms with Crippen LogP contribution >= 0.6 is 0 Å². The first-order chi connectivity index (χ1) is 10.9. The molecule has 0 spiro atoms. The number of rotatable bonds is 2. The Bertz CT molecular complexity index is 939. The highest BCUT2D eigenvalue weighted by Gasteiger charge is 2.17. The molecule has 8 nitrogen and oxygen atoms in total. The molecule has 0 atom stereocenters. The van der Waals surface area contributed by atoms with Crippen LogP contribution in [0.2, 0.25) is 0 Å². The van der Waals surface area contributed by atoms with Gasteiger partial charge in [0.1, 0.15) is 5.52 Å². The SMILES string of the molecule is CC(C)=Nc1ccc(-c2cc(O)n3nc(N)nc(N)c23)nc1C. The largest absolute Gasteiger partial charge is 0.493 e. The van der Waals surface area contributed by atoms with Crippen LogP contribution in [0.15, 0.2) is 23.2 Å². The molecule has 0 amide bonds. The Labute approximate surface area is 132 Å². The van der Waals surface area contributed by atoms with Crippen molar-refractivity contribution in [3.8, 4) is 17.1 Å². The van der Waals surface area contributed by atoms with E-state index in [0.717, 1.165) is 17.1 Å². The van der Waals surface area contributed by atoms with E-state index in [9.17, 15) is 5.11 Å². The van der Waals surface area contributed by atoms with Crippen molar-refractivity contribution in [3.63, 3.8) is 0 Å². The standard InChI is InChI=1S/C15H17N7O/c1-7(2)18-10-4-5-11(19-8(10)3)9-6-12(23)22-13(9)14(16)20-15(17)21-22/h4-6,23H,1-3H3,(H4,16,17,20,21). The molecule has 3 aromatic heterocycles. The second-order valence-corrected chi connectivity index (χ2v) is 5.39. The van der Waals surface area contributed by atoms with Crippen molar-refractivity contribution in [2.75, 3.05) is 11.5 Å². The first-order valence-corrected chi connectivity index (χ1v) is 7.00. The third kappa shape index (κ3) is 2.54. The lowest BCUT2D eigenvalue weighted by molar-refractivity contribution is 0.439. The number of anilines is 2. The molecule has 0 saturated carbocycles. The van der Waals surface area contributed by atoms with Gasteiger partial charge in [-0.05, 0) is 32.9 Å². The Balaban J connectivity index is 2.22. The molecular formula is C15H17N7O. The third-order valence-corrected chi connectivity index (χ3v) is 3.32. The predicted molar refractivity (Wildman–Crippen MR) is 89.9 cm³/mol. The lowest BCUT2D eigenvalue weighted by atomic mass is 10.1. The van der Waals surface area contributed by atoms with Gasteiger partial charge in [0.05, 0.1) is 17.1 Å². The smallest absolute Gasteiger partial charge is 0.240 e. The molecular weight excluding hydrogens is 294 g/mol. The van der Waals surface area contributed by atoms with E-state index >= 15 is 0 Å². The van der Waals surface area contributed by atoms with E-state index < -0.39 is 0 Å². The topological polar surface area (TPSA) is 128 Å². The predicted octanol–water partition coefficient (Wildman–Crippen LogP) is 2.08. The zero-order valence-corrected chi connectivity index (χ0v) is 13.1. The van der Waals surface area contributed by atoms with E-state index in [1.54, 1.807) is 0 Å². The highest BCUT2D eigenvalue weighted by molar-refractivity contribution is 5.88. The van der Waals surface area contributed by atoms with Gasteiger partial charge in [0.25, 0.3) is 0 Å². The summed E-state index contributed by atoms with van der Waals surface area (Å²) in [6.07, 6.45) is 0. The minimum absolute atomic E-state index is 0.0142. The van der Waals surface area contributed by atoms with Crippen molar-refractivity contribution in [1.29, 1.82) is 0 Å². The molecule has 3 rings (SSSR count). The summed E-state index contributed by atoms with van der Waals surface area (Å²) in [6.45, 7) is 5.73. The fraction of sp³-hybridized carbons (Fsp3) is 0.200. The van der Waals surface area contributed by atoms with Gasteiger partial charge in [-0.25, -0.2) is 0 Å². The number of aryl methyl sites for hydroxylation is 1. The summed E-state index contributed by atoms with van der Waals surface area (Å²) in [7, 11) is 0. The number of nitrogens with zero attached hydrogens (tertiary/aromatic N) is 5. The zero-order chi connectivity index (χ0) is 16.7. The monoisotopic (exact) mass is 311 g/mol. The van der Waals surface area contributed by atoms with Crippen LogP contribution in [0.1, 0.15) is 19.5 Å². The zero-order valence-electron chi connectivity index (χ0n) is 13.1. The van der Waals surface area contributed by atoms with E-state index in [0.29, 0.717) is 16.8 Å². The Hall–Kier alpha value is -3.16. The summed E-state index contributed by atoms with van der Waals surface area (Å²) in [4.78, 5) is 12.9. The number of pyridine rings is 1. The molecule has 0 fully saturated rings. The Morgan fingerprint density at radius 3 is 2.61 bits per heavy atom. The summed E-state index contributed by atoms with van der Waals surface area (Å²) in [5.41, 5.74) is 15.8. The van der Waals surface area contributed by atoms with Crippen LogP contribution in [0.5, 0.6) is 5.88 Å². The summed E-state index contributed by atoms with van der Waals surface area (Å²) >= 11 is 0. The maximum atomic E-state index is 10.1. The second kappa shape index (κ2) is 5.24. The van der Waals surface area contributed by atoms with Gasteiger partial charge in [-0.3, -0.25) is 9.98 Å². The Morgan fingerprint density at radius 1 is 1.22 bits per heavy atom. The molecule has 0 radical (unpaired) electrons. The fourth-order valence-electron chi connectivity index (χ4n) is 2.39. The second-order valence-electron chi connectivity index (χ2n) is 5.39. The van der Waals surface area contributed by atoms with E-state index in [1.165, 1.54) is 10.6 Å². The highest BCUT2D eigenvalue weighted by atomic mass is 16.3. The molecule has 0 aliphatic heterocycles.